The van der Waals surface area contributed by atoms with Crippen LogP contribution in [0.25, 0.3) is 11.0 Å². The second-order valence-electron chi connectivity index (χ2n) is 8.35. The molecule has 0 radical (unpaired) electrons. The molecule has 1 amide bonds. The molecule has 0 bridgehead atoms. The first-order valence-electron chi connectivity index (χ1n) is 11.1. The van der Waals surface area contributed by atoms with Gasteiger partial charge in [0.25, 0.3) is 11.5 Å². The molecule has 0 aromatic carbocycles. The SMILES string of the molecule is CCn1c(=O)[nH]c(=O)c2c(C(=O)NC3CCN(c4ncccn4)CC3)cc(C3CC3)nc21. The lowest BCUT2D eigenvalue weighted by Crippen LogP contribution is -2.45. The number of hydrogen-bond donors (Lipinski definition) is 2. The number of fused-ring (bicyclic) bond motifs is 1. The first kappa shape index (κ1) is 20.3. The molecule has 4 heterocycles. The van der Waals surface area contributed by atoms with Crippen LogP contribution in [0.4, 0.5) is 5.95 Å². The van der Waals surface area contributed by atoms with Gasteiger partial charge >= 0.3 is 5.69 Å². The number of aromatic amines is 1. The van der Waals surface area contributed by atoms with E-state index in [0.29, 0.717) is 12.5 Å². The molecular weight excluding hydrogens is 410 g/mol. The van der Waals surface area contributed by atoms with Crippen LogP contribution in [0.15, 0.2) is 34.1 Å². The highest BCUT2D eigenvalue weighted by atomic mass is 16.2. The molecular formula is C22H25N7O3. The van der Waals surface area contributed by atoms with Gasteiger partial charge in [-0.15, -0.1) is 0 Å². The number of H-pyrrole nitrogens is 1. The number of nitrogens with one attached hydrogen (secondary N) is 2. The largest absolute Gasteiger partial charge is 0.349 e. The van der Waals surface area contributed by atoms with Crippen LogP contribution in [0.3, 0.4) is 0 Å². The van der Waals surface area contributed by atoms with Crippen LogP contribution < -0.4 is 21.5 Å². The number of anilines is 1. The van der Waals surface area contributed by atoms with Gasteiger partial charge in [0, 0.05) is 49.7 Å². The third-order valence-corrected chi connectivity index (χ3v) is 6.19. The van der Waals surface area contributed by atoms with Crippen molar-refractivity contribution < 1.29 is 4.79 Å². The van der Waals surface area contributed by atoms with Crippen molar-refractivity contribution in [3.63, 3.8) is 0 Å². The summed E-state index contributed by atoms with van der Waals surface area (Å²) in [5, 5.41) is 3.26. The summed E-state index contributed by atoms with van der Waals surface area (Å²) in [6.45, 7) is 3.63. The van der Waals surface area contributed by atoms with Crippen molar-refractivity contribution in [2.45, 2.75) is 51.1 Å². The maximum Gasteiger partial charge on any atom is 0.329 e. The number of piperidine rings is 1. The Balaban J connectivity index is 1.42. The van der Waals surface area contributed by atoms with E-state index in [1.54, 1.807) is 24.5 Å². The fourth-order valence-corrected chi connectivity index (χ4v) is 4.30. The molecule has 2 aliphatic rings. The number of aromatic nitrogens is 5. The summed E-state index contributed by atoms with van der Waals surface area (Å²) in [7, 11) is 0. The molecule has 32 heavy (non-hydrogen) atoms. The summed E-state index contributed by atoms with van der Waals surface area (Å²) in [4.78, 5) is 55.9. The first-order chi connectivity index (χ1) is 15.5. The van der Waals surface area contributed by atoms with Crippen molar-refractivity contribution in [3.05, 3.63) is 56.6 Å². The van der Waals surface area contributed by atoms with Gasteiger partial charge in [0.05, 0.1) is 10.9 Å². The van der Waals surface area contributed by atoms with Gasteiger partial charge in [-0.05, 0) is 44.7 Å². The van der Waals surface area contributed by atoms with E-state index < -0.39 is 11.2 Å². The lowest BCUT2D eigenvalue weighted by molar-refractivity contribution is 0.0932. The lowest BCUT2D eigenvalue weighted by Gasteiger charge is -2.32. The highest BCUT2D eigenvalue weighted by Gasteiger charge is 2.29. The summed E-state index contributed by atoms with van der Waals surface area (Å²) < 4.78 is 1.41. The summed E-state index contributed by atoms with van der Waals surface area (Å²) in [5.41, 5.74) is 0.255. The Labute approximate surface area is 183 Å². The maximum absolute atomic E-state index is 13.3. The molecule has 10 nitrogen and oxygen atoms in total. The average Bonchev–Trinajstić information content (AvgIpc) is 3.65. The Kier molecular flexibility index (Phi) is 5.20. The molecule has 0 unspecified atom stereocenters. The molecule has 3 aromatic heterocycles. The van der Waals surface area contributed by atoms with Crippen LogP contribution in [-0.4, -0.2) is 49.5 Å². The Hall–Kier alpha value is -3.56. The van der Waals surface area contributed by atoms with Crippen molar-refractivity contribution in [1.29, 1.82) is 0 Å². The topological polar surface area (TPSA) is 126 Å². The van der Waals surface area contributed by atoms with Crippen molar-refractivity contribution in [2.24, 2.45) is 0 Å². The van der Waals surface area contributed by atoms with Crippen molar-refractivity contribution >= 4 is 22.9 Å². The molecule has 0 spiro atoms. The van der Waals surface area contributed by atoms with Gasteiger partial charge in [0.2, 0.25) is 5.95 Å². The molecule has 0 atom stereocenters. The zero-order valence-electron chi connectivity index (χ0n) is 17.9. The fraction of sp³-hybridized carbons (Fsp3) is 0.455. The van der Waals surface area contributed by atoms with E-state index in [0.717, 1.165) is 44.5 Å². The summed E-state index contributed by atoms with van der Waals surface area (Å²) >= 11 is 0. The molecule has 1 aliphatic heterocycles. The second-order valence-corrected chi connectivity index (χ2v) is 8.35. The van der Waals surface area contributed by atoms with Crippen molar-refractivity contribution in [3.8, 4) is 0 Å². The maximum atomic E-state index is 13.3. The van der Waals surface area contributed by atoms with E-state index in [2.05, 4.69) is 30.2 Å². The highest BCUT2D eigenvalue weighted by Crippen LogP contribution is 2.39. The minimum Gasteiger partial charge on any atom is -0.349 e. The molecule has 10 heteroatoms. The fourth-order valence-electron chi connectivity index (χ4n) is 4.30. The summed E-state index contributed by atoms with van der Waals surface area (Å²) in [6, 6.07) is 3.49. The van der Waals surface area contributed by atoms with Crippen LogP contribution in [0, 0.1) is 0 Å². The molecule has 1 aliphatic carbocycles. The van der Waals surface area contributed by atoms with Gasteiger partial charge in [-0.25, -0.2) is 19.7 Å². The zero-order valence-corrected chi connectivity index (χ0v) is 17.9. The summed E-state index contributed by atoms with van der Waals surface area (Å²) in [5.74, 6) is 0.663. The molecule has 2 N–H and O–H groups in total. The van der Waals surface area contributed by atoms with Gasteiger partial charge in [-0.3, -0.25) is 19.1 Å². The van der Waals surface area contributed by atoms with Crippen LogP contribution in [-0.2, 0) is 6.54 Å². The van der Waals surface area contributed by atoms with E-state index >= 15 is 0 Å². The third kappa shape index (κ3) is 3.76. The van der Waals surface area contributed by atoms with Crippen molar-refractivity contribution in [1.82, 2.24) is 29.8 Å². The number of rotatable bonds is 5. The van der Waals surface area contributed by atoms with E-state index in [9.17, 15) is 14.4 Å². The van der Waals surface area contributed by atoms with E-state index in [-0.39, 0.29) is 34.5 Å². The van der Waals surface area contributed by atoms with Gasteiger partial charge < -0.3 is 10.2 Å². The number of amides is 1. The van der Waals surface area contributed by atoms with Gasteiger partial charge in [0.1, 0.15) is 0 Å². The molecule has 166 valence electrons. The summed E-state index contributed by atoms with van der Waals surface area (Å²) in [6.07, 6.45) is 6.93. The lowest BCUT2D eigenvalue weighted by atomic mass is 10.0. The third-order valence-electron chi connectivity index (χ3n) is 6.19. The number of hydrogen-bond acceptors (Lipinski definition) is 7. The Morgan fingerprint density at radius 2 is 1.88 bits per heavy atom. The monoisotopic (exact) mass is 435 g/mol. The Morgan fingerprint density at radius 1 is 1.16 bits per heavy atom. The van der Waals surface area contributed by atoms with Crippen LogP contribution >= 0.6 is 0 Å². The zero-order chi connectivity index (χ0) is 22.2. The normalized spacial score (nSPS) is 17.0. The molecule has 2 fully saturated rings. The minimum absolute atomic E-state index is 0.0220. The minimum atomic E-state index is -0.578. The Bertz CT molecular complexity index is 1270. The standard InChI is InChI=1S/C22H25N7O3/c1-2-29-18-17(20(31)27-22(29)32)15(12-16(26-18)13-4-5-13)19(30)25-14-6-10-28(11-7-14)21-23-8-3-9-24-21/h3,8-9,12-14H,2,4-7,10-11H2,1H3,(H,25,30)(H,27,31,32). The number of pyridine rings is 1. The molecule has 1 saturated heterocycles. The van der Waals surface area contributed by atoms with Crippen LogP contribution in [0.2, 0.25) is 0 Å². The second kappa shape index (κ2) is 8.18. The van der Waals surface area contributed by atoms with Crippen LogP contribution in [0.1, 0.15) is 54.6 Å². The van der Waals surface area contributed by atoms with Gasteiger partial charge in [-0.2, -0.15) is 0 Å². The van der Waals surface area contributed by atoms with Gasteiger partial charge in [-0.1, -0.05) is 0 Å². The number of nitrogens with zero attached hydrogens (tertiary/aromatic N) is 5. The van der Waals surface area contributed by atoms with Crippen molar-refractivity contribution in [2.75, 3.05) is 18.0 Å². The highest BCUT2D eigenvalue weighted by molar-refractivity contribution is 6.05. The molecule has 3 aromatic rings. The van der Waals surface area contributed by atoms with Gasteiger partial charge in [0.15, 0.2) is 5.65 Å². The number of carbonyl (C=O) groups excluding carboxylic acids is 1. The Morgan fingerprint density at radius 3 is 2.53 bits per heavy atom. The van der Waals surface area contributed by atoms with E-state index in [1.807, 2.05) is 6.92 Å². The average molecular weight is 435 g/mol. The predicted octanol–water partition coefficient (Wildman–Crippen LogP) is 1.17. The molecule has 5 rings (SSSR count). The number of carbonyl (C=O) groups is 1. The molecule has 1 saturated carbocycles. The van der Waals surface area contributed by atoms with Crippen LogP contribution in [0.5, 0.6) is 0 Å². The smallest absolute Gasteiger partial charge is 0.329 e. The number of aryl methyl sites for hydroxylation is 1. The quantitative estimate of drug-likeness (QED) is 0.616. The van der Waals surface area contributed by atoms with E-state index in [4.69, 9.17) is 0 Å². The van der Waals surface area contributed by atoms with E-state index in [1.165, 1.54) is 4.57 Å². The predicted molar refractivity (Wildman–Crippen MR) is 119 cm³/mol. The first-order valence-corrected chi connectivity index (χ1v) is 11.1.